The highest BCUT2D eigenvalue weighted by molar-refractivity contribution is 6.55. The van der Waals surface area contributed by atoms with Gasteiger partial charge in [-0.2, -0.15) is 0 Å². The second kappa shape index (κ2) is 8.34. The molecule has 0 unspecified atom stereocenters. The first-order chi connectivity index (χ1) is 10.9. The second-order valence-corrected chi connectivity index (χ2v) is 6.64. The lowest BCUT2D eigenvalue weighted by Crippen LogP contribution is -2.23. The monoisotopic (exact) mass is 351 g/mol. The summed E-state index contributed by atoms with van der Waals surface area (Å²) < 4.78 is 11.9. The fourth-order valence-corrected chi connectivity index (χ4v) is 2.01. The zero-order valence-electron chi connectivity index (χ0n) is 13.1. The van der Waals surface area contributed by atoms with Gasteiger partial charge < -0.3 is 9.47 Å². The van der Waals surface area contributed by atoms with Crippen LogP contribution in [0.2, 0.25) is 0 Å². The van der Waals surface area contributed by atoms with Crippen molar-refractivity contribution in [2.45, 2.75) is 32.5 Å². The number of halogens is 2. The largest absolute Gasteiger partial charge is 0.439 e. The first-order valence-electron chi connectivity index (χ1n) is 7.28. The van der Waals surface area contributed by atoms with E-state index >= 15 is 0 Å². The van der Waals surface area contributed by atoms with Gasteiger partial charge in [0.25, 0.3) is 0 Å². The topological polar surface area (TPSA) is 31.4 Å². The molecular weight excluding hydrogens is 333 g/mol. The predicted molar refractivity (Wildman–Crippen MR) is 94.0 cm³/mol. The van der Waals surface area contributed by atoms with Crippen LogP contribution in [0, 0.1) is 0 Å². The van der Waals surface area contributed by atoms with Crippen LogP contribution >= 0.6 is 23.2 Å². The number of hydrogen-bond acceptors (Lipinski definition) is 3. The van der Waals surface area contributed by atoms with Gasteiger partial charge in [0.2, 0.25) is 5.88 Å². The van der Waals surface area contributed by atoms with E-state index < -0.39 is 0 Å². The molecule has 0 saturated carbocycles. The predicted octanol–water partition coefficient (Wildman–Crippen LogP) is 5.88. The second-order valence-electron chi connectivity index (χ2n) is 5.63. The van der Waals surface area contributed by atoms with Gasteiger partial charge >= 0.3 is 0 Å². The highest BCUT2D eigenvalue weighted by Crippen LogP contribution is 2.22. The number of nitrogens with zero attached hydrogens (tertiary/aromatic N) is 1. The van der Waals surface area contributed by atoms with Gasteiger partial charge in [-0.1, -0.05) is 53.5 Å². The smallest absolute Gasteiger partial charge is 0.219 e. The molecule has 0 atom stereocenters. The van der Waals surface area contributed by atoms with Crippen LogP contribution in [0.1, 0.15) is 26.0 Å². The fourth-order valence-electron chi connectivity index (χ4n) is 1.86. The lowest BCUT2D eigenvalue weighted by molar-refractivity contribution is -0.0284. The molecule has 0 saturated heterocycles. The zero-order chi connectivity index (χ0) is 16.7. The maximum absolute atomic E-state index is 5.89. The summed E-state index contributed by atoms with van der Waals surface area (Å²) in [4.78, 5) is 4.45. The van der Waals surface area contributed by atoms with Gasteiger partial charge in [-0.05, 0) is 38.5 Å². The number of benzene rings is 1. The Labute approximate surface area is 146 Å². The van der Waals surface area contributed by atoms with E-state index in [0.717, 1.165) is 11.4 Å². The lowest BCUT2D eigenvalue weighted by Gasteiger charge is -2.23. The van der Waals surface area contributed by atoms with E-state index in [1.54, 1.807) is 6.08 Å². The zero-order valence-corrected chi connectivity index (χ0v) is 14.6. The summed E-state index contributed by atoms with van der Waals surface area (Å²) in [7, 11) is 0. The highest BCUT2D eigenvalue weighted by atomic mass is 35.5. The summed E-state index contributed by atoms with van der Waals surface area (Å²) >= 11 is 11.3. The van der Waals surface area contributed by atoms with Gasteiger partial charge in [-0.3, -0.25) is 0 Å². The molecule has 0 N–H and O–H groups in total. The van der Waals surface area contributed by atoms with Crippen LogP contribution < -0.4 is 4.74 Å². The molecule has 0 aliphatic rings. The van der Waals surface area contributed by atoms with Crippen LogP contribution in [-0.2, 0) is 11.3 Å². The standard InChI is InChI=1S/C18H19Cl2NO2/c1-18(2,12-11-16(19)20)22-13-14-7-6-10-17(21-14)23-15-8-4-3-5-9-15/h3-11H,12-13H2,1-2H3. The van der Waals surface area contributed by atoms with Crippen LogP contribution in [0.25, 0.3) is 0 Å². The Balaban J connectivity index is 1.96. The Kier molecular flexibility index (Phi) is 6.46. The van der Waals surface area contributed by atoms with Crippen molar-refractivity contribution in [2.24, 2.45) is 0 Å². The summed E-state index contributed by atoms with van der Waals surface area (Å²) in [6, 6.07) is 15.2. The van der Waals surface area contributed by atoms with Crippen LogP contribution in [0.4, 0.5) is 0 Å². The molecule has 0 aliphatic heterocycles. The molecule has 0 radical (unpaired) electrons. The van der Waals surface area contributed by atoms with E-state index in [0.29, 0.717) is 18.9 Å². The van der Waals surface area contributed by atoms with E-state index in [-0.39, 0.29) is 10.1 Å². The molecule has 0 bridgehead atoms. The van der Waals surface area contributed by atoms with Crippen molar-refractivity contribution in [1.29, 1.82) is 0 Å². The number of aromatic nitrogens is 1. The molecule has 0 fully saturated rings. The van der Waals surface area contributed by atoms with Crippen molar-refractivity contribution < 1.29 is 9.47 Å². The third-order valence-corrected chi connectivity index (χ3v) is 3.41. The molecule has 23 heavy (non-hydrogen) atoms. The Bertz CT molecular complexity index is 653. The summed E-state index contributed by atoms with van der Waals surface area (Å²) in [5.74, 6) is 1.29. The number of ether oxygens (including phenoxy) is 2. The van der Waals surface area contributed by atoms with Gasteiger partial charge in [0.05, 0.1) is 17.9 Å². The molecule has 122 valence electrons. The Morgan fingerprint density at radius 2 is 1.83 bits per heavy atom. The first kappa shape index (κ1) is 17.8. The van der Waals surface area contributed by atoms with Crippen molar-refractivity contribution in [2.75, 3.05) is 0 Å². The van der Waals surface area contributed by atoms with Crippen LogP contribution in [0.3, 0.4) is 0 Å². The van der Waals surface area contributed by atoms with E-state index in [1.807, 2.05) is 62.4 Å². The van der Waals surface area contributed by atoms with E-state index in [2.05, 4.69) is 4.98 Å². The Morgan fingerprint density at radius 1 is 1.09 bits per heavy atom. The van der Waals surface area contributed by atoms with Crippen molar-refractivity contribution in [3.63, 3.8) is 0 Å². The van der Waals surface area contributed by atoms with Crippen LogP contribution in [0.15, 0.2) is 59.1 Å². The van der Waals surface area contributed by atoms with Gasteiger partial charge in [0.15, 0.2) is 0 Å². The molecule has 5 heteroatoms. The summed E-state index contributed by atoms with van der Waals surface area (Å²) in [6.07, 6.45) is 2.35. The quantitative estimate of drug-likeness (QED) is 0.624. The van der Waals surface area contributed by atoms with Crippen molar-refractivity contribution in [1.82, 2.24) is 4.98 Å². The molecule has 1 aromatic heterocycles. The highest BCUT2D eigenvalue weighted by Gasteiger charge is 2.17. The number of pyridine rings is 1. The van der Waals surface area contributed by atoms with Crippen molar-refractivity contribution >= 4 is 23.2 Å². The minimum atomic E-state index is -0.382. The van der Waals surface area contributed by atoms with Crippen LogP contribution in [-0.4, -0.2) is 10.6 Å². The van der Waals surface area contributed by atoms with Gasteiger partial charge in [-0.15, -0.1) is 0 Å². The number of hydrogen-bond donors (Lipinski definition) is 0. The van der Waals surface area contributed by atoms with Crippen LogP contribution in [0.5, 0.6) is 11.6 Å². The third-order valence-electron chi connectivity index (χ3n) is 3.11. The Morgan fingerprint density at radius 3 is 2.52 bits per heavy atom. The summed E-state index contributed by atoms with van der Waals surface area (Å²) in [6.45, 7) is 4.34. The summed E-state index contributed by atoms with van der Waals surface area (Å²) in [5, 5.41) is 0. The molecular formula is C18H19Cl2NO2. The minimum absolute atomic E-state index is 0.248. The first-order valence-corrected chi connectivity index (χ1v) is 8.04. The minimum Gasteiger partial charge on any atom is -0.439 e. The third kappa shape index (κ3) is 6.61. The average molecular weight is 352 g/mol. The normalized spacial score (nSPS) is 11.1. The fraction of sp³-hybridized carbons (Fsp3) is 0.278. The maximum atomic E-state index is 5.89. The molecule has 2 aromatic rings. The molecule has 0 spiro atoms. The number of para-hydroxylation sites is 1. The SMILES string of the molecule is CC(C)(CC=C(Cl)Cl)OCc1cccc(Oc2ccccc2)n1. The summed E-state index contributed by atoms with van der Waals surface area (Å²) in [5.41, 5.74) is 0.417. The van der Waals surface area contributed by atoms with Gasteiger partial charge in [-0.25, -0.2) is 4.98 Å². The molecule has 1 heterocycles. The molecule has 0 aliphatic carbocycles. The average Bonchev–Trinajstić information content (AvgIpc) is 2.53. The van der Waals surface area contributed by atoms with Crippen molar-refractivity contribution in [3.8, 4) is 11.6 Å². The van der Waals surface area contributed by atoms with E-state index in [9.17, 15) is 0 Å². The van der Waals surface area contributed by atoms with Gasteiger partial charge in [0, 0.05) is 6.07 Å². The molecule has 2 rings (SSSR count). The maximum Gasteiger partial charge on any atom is 0.219 e. The Hall–Kier alpha value is -1.55. The molecule has 0 amide bonds. The molecule has 3 nitrogen and oxygen atoms in total. The van der Waals surface area contributed by atoms with Crippen molar-refractivity contribution in [3.05, 3.63) is 64.8 Å². The number of rotatable bonds is 7. The molecule has 1 aromatic carbocycles. The lowest BCUT2D eigenvalue weighted by atomic mass is 10.1. The van der Waals surface area contributed by atoms with Gasteiger partial charge in [0.1, 0.15) is 10.2 Å². The van der Waals surface area contributed by atoms with E-state index in [4.69, 9.17) is 32.7 Å². The van der Waals surface area contributed by atoms with E-state index in [1.165, 1.54) is 0 Å².